The average molecular weight is 530 g/mol. The summed E-state index contributed by atoms with van der Waals surface area (Å²) in [6.07, 6.45) is 0.991. The second-order valence-corrected chi connectivity index (χ2v) is 18.2. The molecule has 1 fully saturated rings. The largest absolute Gasteiger partial charge is 0.405 e. The summed E-state index contributed by atoms with van der Waals surface area (Å²) >= 11 is 0. The van der Waals surface area contributed by atoms with Crippen molar-refractivity contribution in [2.24, 2.45) is 0 Å². The van der Waals surface area contributed by atoms with Gasteiger partial charge in [-0.15, -0.1) is 6.58 Å². The van der Waals surface area contributed by atoms with Crippen molar-refractivity contribution in [2.75, 3.05) is 6.61 Å². The molecule has 7 heteroatoms. The summed E-state index contributed by atoms with van der Waals surface area (Å²) in [5.74, 6) is -0.795. The van der Waals surface area contributed by atoms with E-state index >= 15 is 0 Å². The van der Waals surface area contributed by atoms with E-state index in [0.717, 1.165) is 0 Å². The molecule has 198 valence electrons. The standard InChI is InChI=1S/C29H43NO4SSi/c1-10-24(30-35(31)27(2,3)4)26-25(33-29(8,9)34-26)21-32-36(28(5,6)7,22-17-13-11-14-18-22)23-19-15-12-16-20-23/h10-20,24-26,30H,1,21H2,2-9H3/t24-,25-,26-,35-/m0/s1. The van der Waals surface area contributed by atoms with E-state index in [0.29, 0.717) is 6.61 Å². The van der Waals surface area contributed by atoms with Crippen LogP contribution in [0.15, 0.2) is 73.3 Å². The van der Waals surface area contributed by atoms with E-state index < -0.39 is 35.9 Å². The van der Waals surface area contributed by atoms with Crippen molar-refractivity contribution in [3.63, 3.8) is 0 Å². The van der Waals surface area contributed by atoms with E-state index in [1.807, 2.05) is 46.8 Å². The molecule has 3 rings (SSSR count). The first kappa shape index (κ1) is 29.0. The van der Waals surface area contributed by atoms with Crippen LogP contribution in [-0.4, -0.2) is 47.9 Å². The van der Waals surface area contributed by atoms with E-state index in [-0.39, 0.29) is 17.2 Å². The summed E-state index contributed by atoms with van der Waals surface area (Å²) in [5, 5.41) is 2.28. The fraction of sp³-hybridized carbons (Fsp3) is 0.517. The summed E-state index contributed by atoms with van der Waals surface area (Å²) < 4.78 is 35.6. The van der Waals surface area contributed by atoms with Crippen molar-refractivity contribution in [3.8, 4) is 0 Å². The maximum absolute atomic E-state index is 12.9. The van der Waals surface area contributed by atoms with Crippen molar-refractivity contribution in [1.29, 1.82) is 0 Å². The lowest BCUT2D eigenvalue weighted by Gasteiger charge is -2.43. The van der Waals surface area contributed by atoms with Gasteiger partial charge in [-0.3, -0.25) is 0 Å². The van der Waals surface area contributed by atoms with Crippen LogP contribution in [0.3, 0.4) is 0 Å². The van der Waals surface area contributed by atoms with Gasteiger partial charge >= 0.3 is 0 Å². The predicted octanol–water partition coefficient (Wildman–Crippen LogP) is 4.69. The molecule has 0 bridgehead atoms. The number of ether oxygens (including phenoxy) is 2. The molecule has 36 heavy (non-hydrogen) atoms. The van der Waals surface area contributed by atoms with E-state index in [4.69, 9.17) is 13.9 Å². The van der Waals surface area contributed by atoms with Gasteiger partial charge in [-0.25, -0.2) is 8.93 Å². The van der Waals surface area contributed by atoms with Crippen LogP contribution >= 0.6 is 0 Å². The smallest absolute Gasteiger partial charge is 0.261 e. The minimum absolute atomic E-state index is 0.149. The third-order valence-corrected chi connectivity index (χ3v) is 13.1. The van der Waals surface area contributed by atoms with Crippen LogP contribution in [0, 0.1) is 0 Å². The summed E-state index contributed by atoms with van der Waals surface area (Å²) in [7, 11) is -4.03. The van der Waals surface area contributed by atoms with E-state index in [1.54, 1.807) is 6.08 Å². The number of hydrogen-bond donors (Lipinski definition) is 1. The van der Waals surface area contributed by atoms with Crippen molar-refractivity contribution in [1.82, 2.24) is 4.72 Å². The topological polar surface area (TPSA) is 56.8 Å². The Morgan fingerprint density at radius 1 is 1.00 bits per heavy atom. The maximum Gasteiger partial charge on any atom is 0.261 e. The predicted molar refractivity (Wildman–Crippen MR) is 152 cm³/mol. The Labute approximate surface area is 221 Å². The highest BCUT2D eigenvalue weighted by Gasteiger charge is 2.52. The van der Waals surface area contributed by atoms with Gasteiger partial charge in [-0.2, -0.15) is 0 Å². The fourth-order valence-electron chi connectivity index (χ4n) is 4.81. The van der Waals surface area contributed by atoms with Crippen molar-refractivity contribution < 1.29 is 18.1 Å². The Bertz CT molecular complexity index is 991. The van der Waals surface area contributed by atoms with Gasteiger partial charge in [0.05, 0.1) is 28.4 Å². The molecule has 0 radical (unpaired) electrons. The van der Waals surface area contributed by atoms with Gasteiger partial charge in [0.2, 0.25) is 0 Å². The van der Waals surface area contributed by atoms with Crippen LogP contribution in [0.25, 0.3) is 0 Å². The summed E-state index contributed by atoms with van der Waals surface area (Å²) in [4.78, 5) is 0. The third-order valence-electron chi connectivity index (χ3n) is 6.51. The van der Waals surface area contributed by atoms with E-state index in [9.17, 15) is 4.21 Å². The van der Waals surface area contributed by atoms with Crippen molar-refractivity contribution >= 4 is 29.7 Å². The van der Waals surface area contributed by atoms with Gasteiger partial charge in [0.15, 0.2) is 5.79 Å². The Morgan fingerprint density at radius 2 is 1.50 bits per heavy atom. The lowest BCUT2D eigenvalue weighted by atomic mass is 10.1. The second-order valence-electron chi connectivity index (χ2n) is 11.9. The Morgan fingerprint density at radius 3 is 1.92 bits per heavy atom. The number of benzene rings is 2. The van der Waals surface area contributed by atoms with E-state index in [2.05, 4.69) is 80.6 Å². The van der Waals surface area contributed by atoms with Gasteiger partial charge in [0.1, 0.15) is 12.2 Å². The van der Waals surface area contributed by atoms with Crippen LogP contribution in [0.5, 0.6) is 0 Å². The molecular weight excluding hydrogens is 486 g/mol. The first-order valence-electron chi connectivity index (χ1n) is 12.6. The highest BCUT2D eigenvalue weighted by atomic mass is 32.2. The number of nitrogens with one attached hydrogen (secondary N) is 1. The van der Waals surface area contributed by atoms with Crippen LogP contribution in [0.2, 0.25) is 5.04 Å². The molecule has 0 aliphatic carbocycles. The molecule has 1 saturated heterocycles. The second kappa shape index (κ2) is 11.0. The van der Waals surface area contributed by atoms with Crippen LogP contribution in [0.4, 0.5) is 0 Å². The van der Waals surface area contributed by atoms with Crippen LogP contribution in [-0.2, 0) is 24.9 Å². The number of rotatable bonds is 9. The van der Waals surface area contributed by atoms with E-state index in [1.165, 1.54) is 10.4 Å². The monoisotopic (exact) mass is 529 g/mol. The molecule has 1 heterocycles. The highest BCUT2D eigenvalue weighted by molar-refractivity contribution is 7.84. The minimum Gasteiger partial charge on any atom is -0.405 e. The summed E-state index contributed by atoms with van der Waals surface area (Å²) in [6.45, 7) is 20.7. The molecule has 0 aromatic heterocycles. The molecule has 0 spiro atoms. The van der Waals surface area contributed by atoms with Crippen molar-refractivity contribution in [2.45, 2.75) is 89.2 Å². The van der Waals surface area contributed by atoms with Crippen LogP contribution < -0.4 is 15.1 Å². The first-order valence-corrected chi connectivity index (χ1v) is 15.7. The van der Waals surface area contributed by atoms with Gasteiger partial charge < -0.3 is 13.9 Å². The average Bonchev–Trinajstić information content (AvgIpc) is 3.11. The molecule has 1 N–H and O–H groups in total. The van der Waals surface area contributed by atoms with Gasteiger partial charge in [0.25, 0.3) is 8.32 Å². The molecule has 5 nitrogen and oxygen atoms in total. The summed E-state index contributed by atoms with van der Waals surface area (Å²) in [5.41, 5.74) is 0. The summed E-state index contributed by atoms with van der Waals surface area (Å²) in [6, 6.07) is 20.8. The SMILES string of the molecule is C=C[C@H](N[S@@](=O)C(C)(C)C)[C@@H]1OC(C)(C)O[C@H]1CO[Si](c1ccccc1)(c1ccccc1)C(C)(C)C. The van der Waals surface area contributed by atoms with Gasteiger partial charge in [-0.05, 0) is 50.0 Å². The minimum atomic E-state index is -2.74. The Balaban J connectivity index is 1.99. The Hall–Kier alpha value is -1.61. The Kier molecular flexibility index (Phi) is 8.86. The zero-order chi connectivity index (χ0) is 26.8. The molecule has 0 amide bonds. The zero-order valence-electron chi connectivity index (χ0n) is 23.0. The van der Waals surface area contributed by atoms with Crippen LogP contribution in [0.1, 0.15) is 55.4 Å². The van der Waals surface area contributed by atoms with Gasteiger partial charge in [-0.1, -0.05) is 87.5 Å². The van der Waals surface area contributed by atoms with Gasteiger partial charge in [0, 0.05) is 0 Å². The zero-order valence-corrected chi connectivity index (χ0v) is 24.9. The third kappa shape index (κ3) is 6.26. The molecule has 2 aromatic carbocycles. The maximum atomic E-state index is 12.9. The molecule has 1 aliphatic rings. The first-order chi connectivity index (χ1) is 16.7. The molecule has 0 unspecified atom stereocenters. The fourth-order valence-corrected chi connectivity index (χ4v) is 10.2. The number of hydrogen-bond acceptors (Lipinski definition) is 4. The quantitative estimate of drug-likeness (QED) is 0.378. The lowest BCUT2D eigenvalue weighted by Crippen LogP contribution is -2.67. The molecule has 1 aliphatic heterocycles. The normalized spacial score (nSPS) is 22.2. The molecular formula is C29H43NO4SSi. The molecule has 4 atom stereocenters. The highest BCUT2D eigenvalue weighted by Crippen LogP contribution is 2.38. The van der Waals surface area contributed by atoms with Crippen molar-refractivity contribution in [3.05, 3.63) is 73.3 Å². The molecule has 2 aromatic rings. The lowest BCUT2D eigenvalue weighted by molar-refractivity contribution is -0.149. The molecule has 0 saturated carbocycles.